The highest BCUT2D eigenvalue weighted by molar-refractivity contribution is 5.63. The van der Waals surface area contributed by atoms with E-state index in [1.807, 2.05) is 0 Å². The van der Waals surface area contributed by atoms with E-state index in [4.69, 9.17) is 0 Å². The molecule has 0 saturated carbocycles. The molecule has 0 fully saturated rings. The van der Waals surface area contributed by atoms with Gasteiger partial charge in [-0.2, -0.15) is 0 Å². The Morgan fingerprint density at radius 2 is 0.886 bits per heavy atom. The second-order valence-corrected chi connectivity index (χ2v) is 11.3. The van der Waals surface area contributed by atoms with Crippen molar-refractivity contribution in [3.05, 3.63) is 128 Å². The van der Waals surface area contributed by atoms with E-state index >= 15 is 0 Å². The lowest BCUT2D eigenvalue weighted by atomic mass is 9.57. The van der Waals surface area contributed by atoms with Gasteiger partial charge in [0.2, 0.25) is 0 Å². The molecule has 35 heavy (non-hydrogen) atoms. The molecule has 0 saturated heterocycles. The first-order valence-electron chi connectivity index (χ1n) is 13.7. The topological polar surface area (TPSA) is 0 Å². The van der Waals surface area contributed by atoms with Crippen LogP contribution in [0.3, 0.4) is 0 Å². The highest BCUT2D eigenvalue weighted by Gasteiger charge is 2.51. The van der Waals surface area contributed by atoms with E-state index < -0.39 is 0 Å². The van der Waals surface area contributed by atoms with E-state index in [9.17, 15) is 0 Å². The lowest BCUT2D eigenvalue weighted by molar-refractivity contribution is 0.444. The molecule has 0 spiro atoms. The normalized spacial score (nSPS) is 18.6. The van der Waals surface area contributed by atoms with Crippen LogP contribution in [0.25, 0.3) is 0 Å². The maximum atomic E-state index is 2.48. The number of benzene rings is 3. The average Bonchev–Trinajstić information content (AvgIpc) is 3.20. The molecule has 0 bridgehead atoms. The number of hydrogen-bond acceptors (Lipinski definition) is 0. The molecule has 0 heteroatoms. The highest BCUT2D eigenvalue weighted by atomic mass is 14.5. The summed E-state index contributed by atoms with van der Waals surface area (Å²) in [7, 11) is 0. The van der Waals surface area contributed by atoms with Crippen molar-refractivity contribution >= 4 is 0 Å². The zero-order valence-electron chi connectivity index (χ0n) is 21.7. The van der Waals surface area contributed by atoms with Crippen molar-refractivity contribution in [3.63, 3.8) is 0 Å². The summed E-state index contributed by atoms with van der Waals surface area (Å²) < 4.78 is 0. The van der Waals surface area contributed by atoms with Crippen LogP contribution in [0.2, 0.25) is 0 Å². The third-order valence-electron chi connectivity index (χ3n) is 8.94. The van der Waals surface area contributed by atoms with Gasteiger partial charge in [0.1, 0.15) is 0 Å². The second kappa shape index (κ2) is 8.98. The standard InChI is InChI=1S/C35H38/c1-24-11-8-14-27(21-24)35(28-15-9-12-25(2)22-28,29-16-10-13-26(3)23-29)34-32-19-6-4-17-30(32)31-18-5-7-20-33(31)34/h8-16,21-23,34H,4-7,17-20H2,1-3H3. The van der Waals surface area contributed by atoms with Crippen LogP contribution in [0.1, 0.15) is 84.7 Å². The average molecular weight is 459 g/mol. The maximum absolute atomic E-state index is 2.48. The van der Waals surface area contributed by atoms with Gasteiger partial charge in [0.25, 0.3) is 0 Å². The van der Waals surface area contributed by atoms with Crippen molar-refractivity contribution in [1.29, 1.82) is 0 Å². The summed E-state index contributed by atoms with van der Waals surface area (Å²) in [4.78, 5) is 0. The predicted octanol–water partition coefficient (Wildman–Crippen LogP) is 9.32. The van der Waals surface area contributed by atoms with Gasteiger partial charge in [0.15, 0.2) is 0 Å². The first-order valence-corrected chi connectivity index (χ1v) is 13.7. The van der Waals surface area contributed by atoms with Gasteiger partial charge in [0.05, 0.1) is 5.41 Å². The van der Waals surface area contributed by atoms with Crippen LogP contribution in [0.15, 0.2) is 95.1 Å². The smallest absolute Gasteiger partial charge is 0.0554 e. The van der Waals surface area contributed by atoms with Crippen molar-refractivity contribution in [2.45, 2.75) is 77.6 Å². The molecule has 6 rings (SSSR count). The fourth-order valence-electron chi connectivity index (χ4n) is 7.59. The fraction of sp³-hybridized carbons (Fsp3) is 0.371. The molecule has 0 heterocycles. The first-order chi connectivity index (χ1) is 17.1. The van der Waals surface area contributed by atoms with E-state index in [1.54, 1.807) is 22.3 Å². The molecule has 0 N–H and O–H groups in total. The number of rotatable bonds is 4. The van der Waals surface area contributed by atoms with Crippen LogP contribution < -0.4 is 0 Å². The summed E-state index contributed by atoms with van der Waals surface area (Å²) in [5, 5.41) is 0. The molecular formula is C35H38. The van der Waals surface area contributed by atoms with Gasteiger partial charge in [-0.05, 0) is 100.0 Å². The van der Waals surface area contributed by atoms with E-state index in [1.165, 1.54) is 84.7 Å². The van der Waals surface area contributed by atoms with Crippen LogP contribution in [0, 0.1) is 26.7 Å². The SMILES string of the molecule is Cc1cccc(C(c2cccc(C)c2)(c2cccc(C)c2)C2C3=C(CCCC3)C3=C2CCCC3)c1. The van der Waals surface area contributed by atoms with Crippen molar-refractivity contribution in [2.24, 2.45) is 5.92 Å². The molecule has 0 atom stereocenters. The zero-order chi connectivity index (χ0) is 24.0. The van der Waals surface area contributed by atoms with Crippen molar-refractivity contribution in [2.75, 3.05) is 0 Å². The summed E-state index contributed by atoms with van der Waals surface area (Å²) in [6.45, 7) is 6.77. The Morgan fingerprint density at radius 3 is 1.26 bits per heavy atom. The van der Waals surface area contributed by atoms with Crippen LogP contribution in [-0.2, 0) is 5.41 Å². The number of hydrogen-bond donors (Lipinski definition) is 0. The van der Waals surface area contributed by atoms with Crippen LogP contribution in [-0.4, -0.2) is 0 Å². The molecule has 0 nitrogen and oxygen atoms in total. The number of allylic oxidation sites excluding steroid dienone is 4. The Labute approximate surface area is 211 Å². The molecule has 0 aliphatic heterocycles. The Morgan fingerprint density at radius 1 is 0.514 bits per heavy atom. The Hall–Kier alpha value is -2.86. The molecule has 3 aromatic rings. The minimum Gasteiger partial charge on any atom is -0.0617 e. The largest absolute Gasteiger partial charge is 0.0617 e. The lowest BCUT2D eigenvalue weighted by Gasteiger charge is -2.45. The van der Waals surface area contributed by atoms with Gasteiger partial charge in [-0.1, -0.05) is 101 Å². The second-order valence-electron chi connectivity index (χ2n) is 11.3. The van der Waals surface area contributed by atoms with E-state index in [2.05, 4.69) is 93.6 Å². The monoisotopic (exact) mass is 458 g/mol. The molecule has 3 aromatic carbocycles. The van der Waals surface area contributed by atoms with E-state index in [0.717, 1.165) is 0 Å². The third-order valence-corrected chi connectivity index (χ3v) is 8.94. The van der Waals surface area contributed by atoms with Gasteiger partial charge >= 0.3 is 0 Å². The molecule has 178 valence electrons. The molecule has 3 aliphatic rings. The Bertz CT molecular complexity index is 1190. The summed E-state index contributed by atoms with van der Waals surface area (Å²) in [5.74, 6) is 0.429. The summed E-state index contributed by atoms with van der Waals surface area (Å²) >= 11 is 0. The molecular weight excluding hydrogens is 420 g/mol. The zero-order valence-corrected chi connectivity index (χ0v) is 21.7. The van der Waals surface area contributed by atoms with Gasteiger partial charge < -0.3 is 0 Å². The van der Waals surface area contributed by atoms with Crippen molar-refractivity contribution < 1.29 is 0 Å². The number of aryl methyl sites for hydroxylation is 3. The molecule has 0 radical (unpaired) electrons. The van der Waals surface area contributed by atoms with Crippen molar-refractivity contribution in [3.8, 4) is 0 Å². The summed E-state index contributed by atoms with van der Waals surface area (Å²) in [6, 6.07) is 28.3. The molecule has 3 aliphatic carbocycles. The van der Waals surface area contributed by atoms with Gasteiger partial charge in [-0.25, -0.2) is 0 Å². The maximum Gasteiger partial charge on any atom is 0.0554 e. The van der Waals surface area contributed by atoms with Gasteiger partial charge in [-0.15, -0.1) is 0 Å². The minimum absolute atomic E-state index is 0.212. The molecule has 0 amide bonds. The summed E-state index contributed by atoms with van der Waals surface area (Å²) in [5.41, 5.74) is 15.3. The molecule has 0 aromatic heterocycles. The Kier molecular flexibility index (Phi) is 5.79. The number of fused-ring (bicyclic) bond motifs is 1. The Balaban J connectivity index is 1.75. The fourth-order valence-corrected chi connectivity index (χ4v) is 7.59. The highest BCUT2D eigenvalue weighted by Crippen LogP contribution is 2.60. The predicted molar refractivity (Wildman–Crippen MR) is 148 cm³/mol. The quantitative estimate of drug-likeness (QED) is 0.342. The lowest BCUT2D eigenvalue weighted by Crippen LogP contribution is -2.40. The van der Waals surface area contributed by atoms with Crippen LogP contribution in [0.5, 0.6) is 0 Å². The van der Waals surface area contributed by atoms with Gasteiger partial charge in [-0.3, -0.25) is 0 Å². The van der Waals surface area contributed by atoms with E-state index in [0.29, 0.717) is 5.92 Å². The summed E-state index contributed by atoms with van der Waals surface area (Å²) in [6.07, 6.45) is 10.5. The van der Waals surface area contributed by atoms with Crippen molar-refractivity contribution in [1.82, 2.24) is 0 Å². The first kappa shape index (κ1) is 22.6. The van der Waals surface area contributed by atoms with Crippen LogP contribution >= 0.6 is 0 Å². The molecule has 0 unspecified atom stereocenters. The van der Waals surface area contributed by atoms with Crippen LogP contribution in [0.4, 0.5) is 0 Å². The van der Waals surface area contributed by atoms with E-state index in [-0.39, 0.29) is 5.41 Å². The minimum atomic E-state index is -0.212. The third kappa shape index (κ3) is 3.65. The van der Waals surface area contributed by atoms with Gasteiger partial charge in [0, 0.05) is 5.92 Å².